The largest absolute Gasteiger partial charge is 0.308 e. The first-order valence-corrected chi connectivity index (χ1v) is 7.26. The Hall–Kier alpha value is -0.100. The standard InChI is InChI=1S/C12H11ClINS/c13-11-6-9(3-4-12(11)14)7-15-8-10-2-1-5-16-10/h1-6,15H,7-8H2. The van der Waals surface area contributed by atoms with E-state index in [-0.39, 0.29) is 0 Å². The molecule has 0 spiro atoms. The third-order valence-electron chi connectivity index (χ3n) is 2.19. The molecule has 0 amide bonds. The lowest BCUT2D eigenvalue weighted by Crippen LogP contribution is -2.11. The topological polar surface area (TPSA) is 12.0 Å². The monoisotopic (exact) mass is 363 g/mol. The van der Waals surface area contributed by atoms with Crippen molar-refractivity contribution in [2.75, 3.05) is 0 Å². The Balaban J connectivity index is 1.87. The summed E-state index contributed by atoms with van der Waals surface area (Å²) in [7, 11) is 0. The number of benzene rings is 1. The molecule has 0 aliphatic rings. The minimum atomic E-state index is 0.830. The lowest BCUT2D eigenvalue weighted by molar-refractivity contribution is 0.701. The summed E-state index contributed by atoms with van der Waals surface area (Å²) in [5, 5.41) is 6.33. The van der Waals surface area contributed by atoms with Crippen molar-refractivity contribution in [3.8, 4) is 0 Å². The molecule has 1 heterocycles. The predicted molar refractivity (Wildman–Crippen MR) is 79.0 cm³/mol. The van der Waals surface area contributed by atoms with Gasteiger partial charge in [0.15, 0.2) is 0 Å². The highest BCUT2D eigenvalue weighted by molar-refractivity contribution is 14.1. The third-order valence-corrected chi connectivity index (χ3v) is 4.64. The zero-order valence-electron chi connectivity index (χ0n) is 8.54. The summed E-state index contributed by atoms with van der Waals surface area (Å²) in [5.74, 6) is 0. The molecule has 0 saturated carbocycles. The maximum absolute atomic E-state index is 6.06. The van der Waals surface area contributed by atoms with Gasteiger partial charge in [0.25, 0.3) is 0 Å². The zero-order valence-corrected chi connectivity index (χ0v) is 12.3. The first kappa shape index (κ1) is 12.4. The summed E-state index contributed by atoms with van der Waals surface area (Å²) < 4.78 is 1.10. The third kappa shape index (κ3) is 3.45. The van der Waals surface area contributed by atoms with Crippen LogP contribution in [0, 0.1) is 3.57 Å². The molecule has 1 N–H and O–H groups in total. The van der Waals surface area contributed by atoms with E-state index in [2.05, 4.69) is 51.5 Å². The Labute approximate surface area is 118 Å². The lowest BCUT2D eigenvalue weighted by Gasteiger charge is -2.04. The fraction of sp³-hybridized carbons (Fsp3) is 0.167. The van der Waals surface area contributed by atoms with E-state index < -0.39 is 0 Å². The van der Waals surface area contributed by atoms with E-state index in [0.717, 1.165) is 21.7 Å². The van der Waals surface area contributed by atoms with Crippen LogP contribution in [0.25, 0.3) is 0 Å². The molecule has 0 radical (unpaired) electrons. The smallest absolute Gasteiger partial charge is 0.0542 e. The number of rotatable bonds is 4. The van der Waals surface area contributed by atoms with Gasteiger partial charge in [0.2, 0.25) is 0 Å². The van der Waals surface area contributed by atoms with E-state index in [4.69, 9.17) is 11.6 Å². The van der Waals surface area contributed by atoms with Gasteiger partial charge >= 0.3 is 0 Å². The number of hydrogen-bond donors (Lipinski definition) is 1. The van der Waals surface area contributed by atoms with Crippen molar-refractivity contribution in [2.24, 2.45) is 0 Å². The minimum absolute atomic E-state index is 0.830. The first-order valence-electron chi connectivity index (χ1n) is 4.93. The molecule has 16 heavy (non-hydrogen) atoms. The molecule has 0 bridgehead atoms. The molecule has 0 aliphatic carbocycles. The van der Waals surface area contributed by atoms with Gasteiger partial charge in [0.1, 0.15) is 0 Å². The van der Waals surface area contributed by atoms with Gasteiger partial charge in [-0.2, -0.15) is 0 Å². The molecule has 0 unspecified atom stereocenters. The number of nitrogens with one attached hydrogen (secondary N) is 1. The Bertz CT molecular complexity index is 456. The van der Waals surface area contributed by atoms with E-state index in [9.17, 15) is 0 Å². The van der Waals surface area contributed by atoms with Gasteiger partial charge in [-0.25, -0.2) is 0 Å². The number of thiophene rings is 1. The van der Waals surface area contributed by atoms with Crippen LogP contribution in [-0.2, 0) is 13.1 Å². The van der Waals surface area contributed by atoms with Crippen molar-refractivity contribution in [3.05, 3.63) is 54.7 Å². The second-order valence-electron chi connectivity index (χ2n) is 3.43. The van der Waals surface area contributed by atoms with Crippen LogP contribution in [0.5, 0.6) is 0 Å². The average Bonchev–Trinajstić information content (AvgIpc) is 2.76. The van der Waals surface area contributed by atoms with Crippen LogP contribution in [0.15, 0.2) is 35.7 Å². The summed E-state index contributed by atoms with van der Waals surface area (Å²) in [6.07, 6.45) is 0. The van der Waals surface area contributed by atoms with E-state index in [0.29, 0.717) is 0 Å². The van der Waals surface area contributed by atoms with Gasteiger partial charge < -0.3 is 5.32 Å². The van der Waals surface area contributed by atoms with E-state index in [1.54, 1.807) is 11.3 Å². The zero-order chi connectivity index (χ0) is 11.4. The summed E-state index contributed by atoms with van der Waals surface area (Å²) >= 11 is 10.1. The van der Waals surface area contributed by atoms with Gasteiger partial charge in [0, 0.05) is 21.5 Å². The van der Waals surface area contributed by atoms with E-state index in [1.807, 2.05) is 12.1 Å². The maximum atomic E-state index is 6.06. The molecule has 0 saturated heterocycles. The molecule has 84 valence electrons. The van der Waals surface area contributed by atoms with Crippen LogP contribution in [0.2, 0.25) is 5.02 Å². The van der Waals surface area contributed by atoms with Crippen LogP contribution in [0.4, 0.5) is 0 Å². The highest BCUT2D eigenvalue weighted by atomic mass is 127. The van der Waals surface area contributed by atoms with Crippen LogP contribution < -0.4 is 5.32 Å². The molecule has 0 aliphatic heterocycles. The van der Waals surface area contributed by atoms with Crippen LogP contribution in [0.1, 0.15) is 10.4 Å². The van der Waals surface area contributed by atoms with E-state index in [1.165, 1.54) is 10.4 Å². The average molecular weight is 364 g/mol. The second-order valence-corrected chi connectivity index (χ2v) is 6.03. The van der Waals surface area contributed by atoms with Gasteiger partial charge in [-0.1, -0.05) is 23.7 Å². The van der Waals surface area contributed by atoms with Crippen LogP contribution >= 0.6 is 45.5 Å². The Morgan fingerprint density at radius 3 is 2.81 bits per heavy atom. The maximum Gasteiger partial charge on any atom is 0.0542 e. The molecule has 2 aromatic rings. The molecule has 1 nitrogen and oxygen atoms in total. The van der Waals surface area contributed by atoms with E-state index >= 15 is 0 Å². The fourth-order valence-corrected chi connectivity index (χ4v) is 2.61. The second kappa shape index (κ2) is 6.00. The van der Waals surface area contributed by atoms with Gasteiger partial charge in [0.05, 0.1) is 5.02 Å². The Morgan fingerprint density at radius 2 is 2.12 bits per heavy atom. The summed E-state index contributed by atoms with van der Waals surface area (Å²) in [6, 6.07) is 10.4. The molecule has 2 rings (SSSR count). The molecule has 0 fully saturated rings. The molecule has 1 aromatic carbocycles. The molecule has 1 aromatic heterocycles. The van der Waals surface area contributed by atoms with Crippen molar-refractivity contribution in [2.45, 2.75) is 13.1 Å². The Kier molecular flexibility index (Phi) is 4.64. The molecule has 4 heteroatoms. The normalized spacial score (nSPS) is 10.6. The van der Waals surface area contributed by atoms with Crippen molar-refractivity contribution >= 4 is 45.5 Å². The van der Waals surface area contributed by atoms with Crippen molar-refractivity contribution in [3.63, 3.8) is 0 Å². The van der Waals surface area contributed by atoms with Gasteiger partial charge in [-0.15, -0.1) is 11.3 Å². The highest BCUT2D eigenvalue weighted by Crippen LogP contribution is 2.19. The quantitative estimate of drug-likeness (QED) is 0.799. The SMILES string of the molecule is Clc1cc(CNCc2cccs2)ccc1I. The molecule has 0 atom stereocenters. The molecular weight excluding hydrogens is 353 g/mol. The van der Waals surface area contributed by atoms with Crippen molar-refractivity contribution in [1.29, 1.82) is 0 Å². The highest BCUT2D eigenvalue weighted by Gasteiger charge is 1.99. The van der Waals surface area contributed by atoms with Crippen molar-refractivity contribution < 1.29 is 0 Å². The summed E-state index contributed by atoms with van der Waals surface area (Å²) in [4.78, 5) is 1.36. The van der Waals surface area contributed by atoms with Gasteiger partial charge in [-0.3, -0.25) is 0 Å². The summed E-state index contributed by atoms with van der Waals surface area (Å²) in [5.41, 5.74) is 1.22. The summed E-state index contributed by atoms with van der Waals surface area (Å²) in [6.45, 7) is 1.77. The Morgan fingerprint density at radius 1 is 1.25 bits per heavy atom. The fourth-order valence-electron chi connectivity index (χ4n) is 1.39. The lowest BCUT2D eigenvalue weighted by atomic mass is 10.2. The molecular formula is C12H11ClINS. The first-order chi connectivity index (χ1) is 7.75. The number of hydrogen-bond acceptors (Lipinski definition) is 2. The van der Waals surface area contributed by atoms with Crippen LogP contribution in [-0.4, -0.2) is 0 Å². The van der Waals surface area contributed by atoms with Gasteiger partial charge in [-0.05, 0) is 51.7 Å². The van der Waals surface area contributed by atoms with Crippen molar-refractivity contribution in [1.82, 2.24) is 5.32 Å². The minimum Gasteiger partial charge on any atom is -0.308 e. The number of halogens is 2. The predicted octanol–water partition coefficient (Wildman–Crippen LogP) is 4.30. The van der Waals surface area contributed by atoms with Crippen LogP contribution in [0.3, 0.4) is 0 Å².